The van der Waals surface area contributed by atoms with Gasteiger partial charge in [-0.1, -0.05) is 6.07 Å². The van der Waals surface area contributed by atoms with Crippen LogP contribution in [0, 0.1) is 13.8 Å². The van der Waals surface area contributed by atoms with Crippen molar-refractivity contribution in [1.82, 2.24) is 10.3 Å². The van der Waals surface area contributed by atoms with Crippen LogP contribution in [0.3, 0.4) is 0 Å². The SMILES string of the molecule is Cc1nc(-c2cccc(NC(=O)CNC(=O)CN)c2)oc1C. The molecular formula is C15H18N4O3. The zero-order valence-electron chi connectivity index (χ0n) is 12.5. The number of oxazole rings is 1. The number of carbonyl (C=O) groups excluding carboxylic acids is 2. The summed E-state index contributed by atoms with van der Waals surface area (Å²) in [6.45, 7) is 3.44. The third-order valence-electron chi connectivity index (χ3n) is 3.05. The van der Waals surface area contributed by atoms with Gasteiger partial charge in [0.15, 0.2) is 0 Å². The summed E-state index contributed by atoms with van der Waals surface area (Å²) >= 11 is 0. The molecule has 22 heavy (non-hydrogen) atoms. The van der Waals surface area contributed by atoms with E-state index in [2.05, 4.69) is 15.6 Å². The lowest BCUT2D eigenvalue weighted by Gasteiger charge is -2.07. The molecule has 1 aromatic carbocycles. The van der Waals surface area contributed by atoms with E-state index < -0.39 is 0 Å². The van der Waals surface area contributed by atoms with Gasteiger partial charge in [0, 0.05) is 11.3 Å². The third-order valence-corrected chi connectivity index (χ3v) is 3.05. The van der Waals surface area contributed by atoms with Crippen molar-refractivity contribution in [2.75, 3.05) is 18.4 Å². The summed E-state index contributed by atoms with van der Waals surface area (Å²) in [6, 6.07) is 7.14. The first-order chi connectivity index (χ1) is 10.5. The Morgan fingerprint density at radius 1 is 1.27 bits per heavy atom. The molecule has 2 amide bonds. The summed E-state index contributed by atoms with van der Waals surface area (Å²) in [4.78, 5) is 27.1. The van der Waals surface area contributed by atoms with E-state index in [-0.39, 0.29) is 24.9 Å². The second-order valence-electron chi connectivity index (χ2n) is 4.77. The van der Waals surface area contributed by atoms with Gasteiger partial charge < -0.3 is 20.8 Å². The summed E-state index contributed by atoms with van der Waals surface area (Å²) in [5, 5.41) is 5.09. The fourth-order valence-corrected chi connectivity index (χ4v) is 1.78. The number of aryl methyl sites for hydroxylation is 2. The van der Waals surface area contributed by atoms with Crippen molar-refractivity contribution in [2.24, 2.45) is 5.73 Å². The first kappa shape index (κ1) is 15.7. The van der Waals surface area contributed by atoms with E-state index >= 15 is 0 Å². The molecule has 0 atom stereocenters. The van der Waals surface area contributed by atoms with Crippen LogP contribution in [0.4, 0.5) is 5.69 Å². The molecule has 4 N–H and O–H groups in total. The van der Waals surface area contributed by atoms with Gasteiger partial charge in [-0.25, -0.2) is 4.98 Å². The second kappa shape index (κ2) is 6.86. The predicted molar refractivity (Wildman–Crippen MR) is 82.1 cm³/mol. The average Bonchev–Trinajstić information content (AvgIpc) is 2.84. The Hall–Kier alpha value is -2.67. The molecule has 7 nitrogen and oxygen atoms in total. The molecule has 0 unspecified atom stereocenters. The third kappa shape index (κ3) is 3.92. The molecule has 1 heterocycles. The Bertz CT molecular complexity index is 674. The van der Waals surface area contributed by atoms with Crippen molar-refractivity contribution in [2.45, 2.75) is 13.8 Å². The van der Waals surface area contributed by atoms with Gasteiger partial charge in [0.05, 0.1) is 18.8 Å². The second-order valence-corrected chi connectivity index (χ2v) is 4.77. The van der Waals surface area contributed by atoms with E-state index in [4.69, 9.17) is 10.2 Å². The topological polar surface area (TPSA) is 110 Å². The molecule has 0 aliphatic carbocycles. The van der Waals surface area contributed by atoms with Crippen LogP contribution in [0.25, 0.3) is 11.5 Å². The Morgan fingerprint density at radius 3 is 2.68 bits per heavy atom. The highest BCUT2D eigenvalue weighted by Gasteiger charge is 2.10. The number of nitrogens with zero attached hydrogens (tertiary/aromatic N) is 1. The Balaban J connectivity index is 2.05. The van der Waals surface area contributed by atoms with Crippen LogP contribution in [0.5, 0.6) is 0 Å². The molecule has 0 saturated carbocycles. The number of carbonyl (C=O) groups is 2. The number of aromatic nitrogens is 1. The minimum Gasteiger partial charge on any atom is -0.441 e. The average molecular weight is 302 g/mol. The number of hydrogen-bond acceptors (Lipinski definition) is 5. The minimum absolute atomic E-state index is 0.128. The van der Waals surface area contributed by atoms with Gasteiger partial charge >= 0.3 is 0 Å². The van der Waals surface area contributed by atoms with Crippen molar-refractivity contribution in [1.29, 1.82) is 0 Å². The molecule has 2 aromatic rings. The van der Waals surface area contributed by atoms with Gasteiger partial charge in [-0.3, -0.25) is 9.59 Å². The fraction of sp³-hybridized carbons (Fsp3) is 0.267. The molecule has 116 valence electrons. The van der Waals surface area contributed by atoms with Crippen LogP contribution in [0.2, 0.25) is 0 Å². The fourth-order valence-electron chi connectivity index (χ4n) is 1.78. The van der Waals surface area contributed by atoms with Crippen molar-refractivity contribution in [3.05, 3.63) is 35.7 Å². The van der Waals surface area contributed by atoms with Crippen LogP contribution in [0.15, 0.2) is 28.7 Å². The highest BCUT2D eigenvalue weighted by molar-refractivity contribution is 5.95. The largest absolute Gasteiger partial charge is 0.441 e. The molecular weight excluding hydrogens is 284 g/mol. The number of rotatable bonds is 5. The summed E-state index contributed by atoms with van der Waals surface area (Å²) in [5.41, 5.74) is 7.34. The number of anilines is 1. The quantitative estimate of drug-likeness (QED) is 0.762. The number of benzene rings is 1. The summed E-state index contributed by atoms with van der Waals surface area (Å²) < 4.78 is 5.56. The highest BCUT2D eigenvalue weighted by atomic mass is 16.4. The highest BCUT2D eigenvalue weighted by Crippen LogP contribution is 2.23. The van der Waals surface area contributed by atoms with Crippen LogP contribution >= 0.6 is 0 Å². The Kier molecular flexibility index (Phi) is 4.90. The molecule has 0 spiro atoms. The van der Waals surface area contributed by atoms with Gasteiger partial charge in [0.2, 0.25) is 17.7 Å². The van der Waals surface area contributed by atoms with Crippen molar-refractivity contribution in [3.63, 3.8) is 0 Å². The molecule has 1 aromatic heterocycles. The van der Waals surface area contributed by atoms with Crippen LogP contribution in [0.1, 0.15) is 11.5 Å². The normalized spacial score (nSPS) is 10.3. The number of nitrogens with two attached hydrogens (primary N) is 1. The maximum Gasteiger partial charge on any atom is 0.243 e. The summed E-state index contributed by atoms with van der Waals surface area (Å²) in [5.74, 6) is 0.546. The van der Waals surface area contributed by atoms with E-state index in [0.29, 0.717) is 11.6 Å². The maximum absolute atomic E-state index is 11.7. The van der Waals surface area contributed by atoms with E-state index in [1.165, 1.54) is 0 Å². The van der Waals surface area contributed by atoms with Gasteiger partial charge in [0.1, 0.15) is 5.76 Å². The molecule has 0 aliphatic heterocycles. The molecule has 0 bridgehead atoms. The van der Waals surface area contributed by atoms with Crippen molar-refractivity contribution >= 4 is 17.5 Å². The van der Waals surface area contributed by atoms with Crippen LogP contribution in [-0.2, 0) is 9.59 Å². The van der Waals surface area contributed by atoms with Crippen molar-refractivity contribution < 1.29 is 14.0 Å². The number of nitrogens with one attached hydrogen (secondary N) is 2. The molecule has 0 radical (unpaired) electrons. The summed E-state index contributed by atoms with van der Waals surface area (Å²) in [7, 11) is 0. The molecule has 2 rings (SSSR count). The lowest BCUT2D eigenvalue weighted by atomic mass is 10.2. The van der Waals surface area contributed by atoms with Gasteiger partial charge in [-0.15, -0.1) is 0 Å². The first-order valence-electron chi connectivity index (χ1n) is 6.80. The lowest BCUT2D eigenvalue weighted by Crippen LogP contribution is -2.36. The smallest absolute Gasteiger partial charge is 0.243 e. The molecule has 0 saturated heterocycles. The number of amides is 2. The van der Waals surface area contributed by atoms with E-state index in [0.717, 1.165) is 17.0 Å². The Labute approximate surface area is 127 Å². The van der Waals surface area contributed by atoms with Gasteiger partial charge in [-0.2, -0.15) is 0 Å². The van der Waals surface area contributed by atoms with Crippen LogP contribution < -0.4 is 16.4 Å². The Morgan fingerprint density at radius 2 is 2.05 bits per heavy atom. The predicted octanol–water partition coefficient (Wildman–Crippen LogP) is 0.972. The zero-order chi connectivity index (χ0) is 16.1. The lowest BCUT2D eigenvalue weighted by molar-refractivity contribution is -0.123. The zero-order valence-corrected chi connectivity index (χ0v) is 12.5. The number of hydrogen-bond donors (Lipinski definition) is 3. The standard InChI is InChI=1S/C15H18N4O3/c1-9-10(2)22-15(18-9)11-4-3-5-12(6-11)19-14(21)8-17-13(20)7-16/h3-6H,7-8,16H2,1-2H3,(H,17,20)(H,19,21). The minimum atomic E-state index is -0.380. The van der Waals surface area contributed by atoms with Gasteiger partial charge in [0.25, 0.3) is 0 Å². The van der Waals surface area contributed by atoms with E-state index in [9.17, 15) is 9.59 Å². The summed E-state index contributed by atoms with van der Waals surface area (Å²) in [6.07, 6.45) is 0. The maximum atomic E-state index is 11.7. The van der Waals surface area contributed by atoms with Gasteiger partial charge in [-0.05, 0) is 32.0 Å². The molecule has 0 fully saturated rings. The molecule has 0 aliphatic rings. The van der Waals surface area contributed by atoms with E-state index in [1.807, 2.05) is 19.9 Å². The first-order valence-corrected chi connectivity index (χ1v) is 6.80. The monoisotopic (exact) mass is 302 g/mol. The van der Waals surface area contributed by atoms with Crippen molar-refractivity contribution in [3.8, 4) is 11.5 Å². The van der Waals surface area contributed by atoms with Crippen LogP contribution in [-0.4, -0.2) is 29.9 Å². The van der Waals surface area contributed by atoms with E-state index in [1.54, 1.807) is 18.2 Å². The molecule has 7 heteroatoms.